The number of hydrogen-bond donors (Lipinski definition) is 1. The molecule has 1 aromatic carbocycles. The third kappa shape index (κ3) is 4.91. The summed E-state index contributed by atoms with van der Waals surface area (Å²) >= 11 is 6.18. The summed E-state index contributed by atoms with van der Waals surface area (Å²) in [7, 11) is 0. The number of amides is 1. The molecule has 0 bridgehead atoms. The number of carbonyl (C=O) groups excluding carboxylic acids is 1. The molecule has 0 radical (unpaired) electrons. The van der Waals surface area contributed by atoms with Crippen LogP contribution in [-0.2, 0) is 4.79 Å². The van der Waals surface area contributed by atoms with Crippen molar-refractivity contribution in [3.05, 3.63) is 52.2 Å². The molecule has 3 heterocycles. The Morgan fingerprint density at radius 2 is 2.03 bits per heavy atom. The van der Waals surface area contributed by atoms with Crippen molar-refractivity contribution in [2.45, 2.75) is 32.0 Å². The van der Waals surface area contributed by atoms with Gasteiger partial charge in [0, 0.05) is 21.5 Å². The normalized spacial score (nSPS) is 11.3. The predicted octanol–water partition coefficient (Wildman–Crippen LogP) is 6.04. The fraction of sp³-hybridized carbons (Fsp3) is 0.238. The van der Waals surface area contributed by atoms with Crippen LogP contribution in [0.4, 0.5) is 5.13 Å². The van der Waals surface area contributed by atoms with Crippen molar-refractivity contribution in [2.24, 2.45) is 0 Å². The summed E-state index contributed by atoms with van der Waals surface area (Å²) in [6.07, 6.45) is 1.64. The molecule has 0 saturated heterocycles. The van der Waals surface area contributed by atoms with Crippen LogP contribution in [0.25, 0.3) is 22.6 Å². The predicted molar refractivity (Wildman–Crippen MR) is 127 cm³/mol. The maximum atomic E-state index is 12.5. The molecule has 1 amide bonds. The molecule has 3 aromatic heterocycles. The van der Waals surface area contributed by atoms with Gasteiger partial charge in [-0.05, 0) is 39.0 Å². The van der Waals surface area contributed by atoms with E-state index in [0.717, 1.165) is 32.9 Å². The summed E-state index contributed by atoms with van der Waals surface area (Å²) in [5.74, 6) is 1.60. The Morgan fingerprint density at radius 3 is 2.71 bits per heavy atom. The maximum absolute atomic E-state index is 12.5. The van der Waals surface area contributed by atoms with Gasteiger partial charge in [-0.3, -0.25) is 9.36 Å². The molecule has 4 rings (SSSR count). The number of furan rings is 1. The molecule has 4 aromatic rings. The highest BCUT2D eigenvalue weighted by molar-refractivity contribution is 9.10. The van der Waals surface area contributed by atoms with Crippen molar-refractivity contribution < 1.29 is 9.21 Å². The van der Waals surface area contributed by atoms with E-state index in [0.29, 0.717) is 10.3 Å². The molecule has 31 heavy (non-hydrogen) atoms. The van der Waals surface area contributed by atoms with Crippen molar-refractivity contribution in [1.29, 1.82) is 0 Å². The standard InChI is InChI=1S/C21H20BrN5O2S2/c1-12(2)27-19(16-8-9-29-13(16)3)25-26-21(27)31-11-18(28)24-20-23-17(10-30-20)14-4-6-15(22)7-5-14/h4-10,12H,11H2,1-3H3,(H,23,24,28). The van der Waals surface area contributed by atoms with Crippen LogP contribution in [0.15, 0.2) is 56.0 Å². The lowest BCUT2D eigenvalue weighted by Gasteiger charge is -2.13. The van der Waals surface area contributed by atoms with Gasteiger partial charge in [-0.1, -0.05) is 39.8 Å². The number of anilines is 1. The van der Waals surface area contributed by atoms with Crippen molar-refractivity contribution >= 4 is 50.1 Å². The number of aryl methyl sites for hydroxylation is 1. The van der Waals surface area contributed by atoms with Crippen molar-refractivity contribution in [3.63, 3.8) is 0 Å². The molecule has 0 spiro atoms. The van der Waals surface area contributed by atoms with Crippen LogP contribution in [0.5, 0.6) is 0 Å². The van der Waals surface area contributed by atoms with Crippen LogP contribution < -0.4 is 5.32 Å². The van der Waals surface area contributed by atoms with E-state index in [2.05, 4.69) is 50.3 Å². The number of thioether (sulfide) groups is 1. The Hall–Kier alpha value is -2.43. The lowest BCUT2D eigenvalue weighted by Crippen LogP contribution is -2.15. The van der Waals surface area contributed by atoms with Gasteiger partial charge >= 0.3 is 0 Å². The van der Waals surface area contributed by atoms with Crippen molar-refractivity contribution in [2.75, 3.05) is 11.1 Å². The molecule has 0 aliphatic carbocycles. The van der Waals surface area contributed by atoms with Gasteiger partial charge in [0.15, 0.2) is 16.1 Å². The van der Waals surface area contributed by atoms with Gasteiger partial charge in [-0.15, -0.1) is 21.5 Å². The summed E-state index contributed by atoms with van der Waals surface area (Å²) in [5.41, 5.74) is 2.74. The van der Waals surface area contributed by atoms with Crippen LogP contribution >= 0.6 is 39.0 Å². The monoisotopic (exact) mass is 517 g/mol. The van der Waals surface area contributed by atoms with Gasteiger partial charge in [0.05, 0.1) is 23.3 Å². The molecule has 0 atom stereocenters. The van der Waals surface area contributed by atoms with E-state index in [1.165, 1.54) is 23.1 Å². The first-order valence-corrected chi connectivity index (χ1v) is 12.2. The van der Waals surface area contributed by atoms with E-state index in [1.54, 1.807) is 6.26 Å². The van der Waals surface area contributed by atoms with E-state index in [4.69, 9.17) is 4.42 Å². The minimum atomic E-state index is -0.138. The summed E-state index contributed by atoms with van der Waals surface area (Å²) < 4.78 is 8.44. The van der Waals surface area contributed by atoms with Gasteiger partial charge in [0.1, 0.15) is 5.76 Å². The zero-order chi connectivity index (χ0) is 22.0. The molecule has 7 nitrogen and oxygen atoms in total. The molecule has 160 valence electrons. The Bertz CT molecular complexity index is 1200. The fourth-order valence-corrected chi connectivity index (χ4v) is 4.88. The minimum absolute atomic E-state index is 0.136. The molecule has 0 unspecified atom stereocenters. The lowest BCUT2D eigenvalue weighted by molar-refractivity contribution is -0.113. The Kier molecular flexibility index (Phi) is 6.59. The second kappa shape index (κ2) is 9.37. The van der Waals surface area contributed by atoms with Gasteiger partial charge in [-0.25, -0.2) is 4.98 Å². The molecule has 0 saturated carbocycles. The average Bonchev–Trinajstić information content (AvgIpc) is 3.46. The lowest BCUT2D eigenvalue weighted by atomic mass is 10.2. The number of nitrogens with one attached hydrogen (secondary N) is 1. The number of carbonyl (C=O) groups is 1. The highest BCUT2D eigenvalue weighted by Crippen LogP contribution is 2.30. The van der Waals surface area contributed by atoms with Crippen LogP contribution in [0.2, 0.25) is 0 Å². The number of aromatic nitrogens is 4. The van der Waals surface area contributed by atoms with E-state index in [1.807, 2.05) is 47.2 Å². The first-order valence-electron chi connectivity index (χ1n) is 9.56. The number of thiazole rings is 1. The quantitative estimate of drug-likeness (QED) is 0.300. The zero-order valence-corrected chi connectivity index (χ0v) is 20.3. The van der Waals surface area contributed by atoms with Gasteiger partial charge in [0.2, 0.25) is 5.91 Å². The molecular formula is C21H20BrN5O2S2. The summed E-state index contributed by atoms with van der Waals surface area (Å²) in [4.78, 5) is 17.0. The number of halogens is 1. The first-order chi connectivity index (χ1) is 14.9. The van der Waals surface area contributed by atoms with Crippen molar-refractivity contribution in [1.82, 2.24) is 19.7 Å². The third-order valence-electron chi connectivity index (χ3n) is 4.50. The minimum Gasteiger partial charge on any atom is -0.469 e. The smallest absolute Gasteiger partial charge is 0.236 e. The average molecular weight is 518 g/mol. The highest BCUT2D eigenvalue weighted by Gasteiger charge is 2.20. The topological polar surface area (TPSA) is 85.8 Å². The van der Waals surface area contributed by atoms with E-state index in [-0.39, 0.29) is 17.7 Å². The SMILES string of the molecule is Cc1occc1-c1nnc(SCC(=O)Nc2nc(-c3ccc(Br)cc3)cs2)n1C(C)C. The second-order valence-corrected chi connectivity index (χ2v) is 9.76. The van der Waals surface area contributed by atoms with Crippen LogP contribution in [0, 0.1) is 6.92 Å². The number of nitrogens with zero attached hydrogens (tertiary/aromatic N) is 4. The Morgan fingerprint density at radius 1 is 1.26 bits per heavy atom. The summed E-state index contributed by atoms with van der Waals surface area (Å²) in [6.45, 7) is 6.02. The molecule has 1 N–H and O–H groups in total. The molecule has 0 fully saturated rings. The molecule has 0 aliphatic rings. The number of benzene rings is 1. The highest BCUT2D eigenvalue weighted by atomic mass is 79.9. The summed E-state index contributed by atoms with van der Waals surface area (Å²) in [5, 5.41) is 14.7. The fourth-order valence-electron chi connectivity index (χ4n) is 3.01. The number of rotatable bonds is 7. The maximum Gasteiger partial charge on any atom is 0.236 e. The number of hydrogen-bond acceptors (Lipinski definition) is 7. The van der Waals surface area contributed by atoms with E-state index < -0.39 is 0 Å². The first kappa shape index (κ1) is 21.8. The molecule has 0 aliphatic heterocycles. The third-order valence-corrected chi connectivity index (χ3v) is 6.73. The largest absolute Gasteiger partial charge is 0.469 e. The van der Waals surface area contributed by atoms with Crippen LogP contribution in [0.3, 0.4) is 0 Å². The summed E-state index contributed by atoms with van der Waals surface area (Å²) in [6, 6.07) is 9.92. The molecular weight excluding hydrogens is 498 g/mol. The second-order valence-electron chi connectivity index (χ2n) is 7.04. The van der Waals surface area contributed by atoms with Crippen LogP contribution in [-0.4, -0.2) is 31.4 Å². The van der Waals surface area contributed by atoms with Crippen molar-refractivity contribution in [3.8, 4) is 22.6 Å². The van der Waals surface area contributed by atoms with E-state index >= 15 is 0 Å². The van der Waals surface area contributed by atoms with Gasteiger partial charge in [-0.2, -0.15) is 0 Å². The zero-order valence-electron chi connectivity index (χ0n) is 17.1. The Balaban J connectivity index is 1.42. The molecule has 10 heteroatoms. The van der Waals surface area contributed by atoms with Gasteiger partial charge in [0.25, 0.3) is 0 Å². The van der Waals surface area contributed by atoms with Crippen LogP contribution in [0.1, 0.15) is 25.6 Å². The van der Waals surface area contributed by atoms with E-state index in [9.17, 15) is 4.79 Å². The Labute approximate surface area is 196 Å². The van der Waals surface area contributed by atoms with Gasteiger partial charge < -0.3 is 9.73 Å².